The maximum Gasteiger partial charge on any atom is 0.305 e. The lowest BCUT2D eigenvalue weighted by atomic mass is 10.1. The van der Waals surface area contributed by atoms with E-state index in [2.05, 4.69) is 0 Å². The van der Waals surface area contributed by atoms with Crippen molar-refractivity contribution in [2.45, 2.75) is 19.4 Å². The molecule has 1 aliphatic heterocycles. The molecule has 1 atom stereocenters. The topological polar surface area (TPSA) is 66.8 Å². The molecule has 1 N–H and O–H groups in total. The number of amides is 1. The van der Waals surface area contributed by atoms with Gasteiger partial charge >= 0.3 is 5.97 Å². The largest absolute Gasteiger partial charge is 0.481 e. The van der Waals surface area contributed by atoms with Crippen LogP contribution in [0.25, 0.3) is 0 Å². The summed E-state index contributed by atoms with van der Waals surface area (Å²) in [6.07, 6.45) is 0.296. The van der Waals surface area contributed by atoms with Crippen LogP contribution in [0.5, 0.6) is 0 Å². The first-order valence-corrected chi connectivity index (χ1v) is 7.00. The number of rotatable bonds is 6. The Morgan fingerprint density at radius 2 is 2.14 bits per heavy atom. The van der Waals surface area contributed by atoms with Crippen LogP contribution in [0.2, 0.25) is 0 Å². The summed E-state index contributed by atoms with van der Waals surface area (Å²) >= 11 is 0. The Bertz CT molecular complexity index is 558. The molecule has 0 unspecified atom stereocenters. The Morgan fingerprint density at radius 1 is 1.36 bits per heavy atom. The molecule has 0 saturated carbocycles. The molecule has 1 heterocycles. The van der Waals surface area contributed by atoms with Crippen LogP contribution in [0.3, 0.4) is 0 Å². The normalized spacial score (nSPS) is 17.5. The summed E-state index contributed by atoms with van der Waals surface area (Å²) < 4.78 is 32.1. The van der Waals surface area contributed by atoms with E-state index in [9.17, 15) is 18.4 Å². The quantitative estimate of drug-likeness (QED) is 0.870. The summed E-state index contributed by atoms with van der Waals surface area (Å²) in [6.45, 7) is 0.526. The molecule has 0 spiro atoms. The van der Waals surface area contributed by atoms with Crippen molar-refractivity contribution in [3.63, 3.8) is 0 Å². The van der Waals surface area contributed by atoms with Gasteiger partial charge in [0, 0.05) is 25.3 Å². The lowest BCUT2D eigenvalue weighted by molar-refractivity contribution is -0.140. The van der Waals surface area contributed by atoms with E-state index in [0.29, 0.717) is 13.0 Å². The van der Waals surface area contributed by atoms with Gasteiger partial charge in [-0.15, -0.1) is 0 Å². The molecule has 0 radical (unpaired) electrons. The lowest BCUT2D eigenvalue weighted by Gasteiger charge is -2.25. The summed E-state index contributed by atoms with van der Waals surface area (Å²) in [5.41, 5.74) is 0.0256. The molecule has 1 aromatic rings. The second kappa shape index (κ2) is 7.31. The molecule has 5 nitrogen and oxygen atoms in total. The molecule has 0 aliphatic carbocycles. The summed E-state index contributed by atoms with van der Waals surface area (Å²) in [5.74, 6) is -3.71. The Balaban J connectivity index is 2.14. The zero-order chi connectivity index (χ0) is 16.1. The van der Waals surface area contributed by atoms with Crippen LogP contribution in [0.15, 0.2) is 18.2 Å². The second-order valence-electron chi connectivity index (χ2n) is 5.18. The Kier molecular flexibility index (Phi) is 5.43. The standard InChI is InChI=1S/C15H17F2NO4/c16-12-3-1-2-10(14(12)17)8-18(6-4-13(19)20)15(21)11-5-7-22-9-11/h1-3,11H,4-9H2,(H,19,20)/t11-/m1/s1. The molecule has 1 saturated heterocycles. The zero-order valence-corrected chi connectivity index (χ0v) is 11.9. The molecule has 22 heavy (non-hydrogen) atoms. The fourth-order valence-electron chi connectivity index (χ4n) is 2.36. The third-order valence-corrected chi connectivity index (χ3v) is 3.58. The fourth-order valence-corrected chi connectivity index (χ4v) is 2.36. The number of carbonyl (C=O) groups is 2. The first-order chi connectivity index (χ1) is 10.5. The van der Waals surface area contributed by atoms with Gasteiger partial charge in [-0.05, 0) is 12.5 Å². The summed E-state index contributed by atoms with van der Waals surface area (Å²) in [7, 11) is 0. The van der Waals surface area contributed by atoms with E-state index in [1.807, 2.05) is 0 Å². The number of hydrogen-bond donors (Lipinski definition) is 1. The number of benzene rings is 1. The van der Waals surface area contributed by atoms with Crippen LogP contribution in [0.4, 0.5) is 8.78 Å². The van der Waals surface area contributed by atoms with Crippen molar-refractivity contribution in [2.75, 3.05) is 19.8 Å². The third-order valence-electron chi connectivity index (χ3n) is 3.58. The monoisotopic (exact) mass is 313 g/mol. The average molecular weight is 313 g/mol. The Hall–Kier alpha value is -2.02. The van der Waals surface area contributed by atoms with Crippen LogP contribution >= 0.6 is 0 Å². The van der Waals surface area contributed by atoms with Crippen LogP contribution < -0.4 is 0 Å². The average Bonchev–Trinajstić information content (AvgIpc) is 3.01. The summed E-state index contributed by atoms with van der Waals surface area (Å²) in [4.78, 5) is 24.4. The minimum Gasteiger partial charge on any atom is -0.481 e. The Labute approximate surface area is 126 Å². The number of ether oxygens (including phenoxy) is 1. The van der Waals surface area contributed by atoms with Crippen molar-refractivity contribution in [1.29, 1.82) is 0 Å². The van der Waals surface area contributed by atoms with Gasteiger partial charge in [0.05, 0.1) is 18.9 Å². The first kappa shape index (κ1) is 16.4. The van der Waals surface area contributed by atoms with Gasteiger partial charge in [0.1, 0.15) is 0 Å². The van der Waals surface area contributed by atoms with Crippen molar-refractivity contribution in [3.8, 4) is 0 Å². The maximum absolute atomic E-state index is 13.7. The minimum absolute atomic E-state index is 0.0256. The Morgan fingerprint density at radius 3 is 2.77 bits per heavy atom. The van der Waals surface area contributed by atoms with Gasteiger partial charge in [0.2, 0.25) is 5.91 Å². The van der Waals surface area contributed by atoms with Gasteiger partial charge in [0.15, 0.2) is 11.6 Å². The van der Waals surface area contributed by atoms with E-state index in [1.165, 1.54) is 17.0 Å². The highest BCUT2D eigenvalue weighted by atomic mass is 19.2. The molecule has 1 fully saturated rings. The molecular formula is C15H17F2NO4. The van der Waals surface area contributed by atoms with E-state index in [-0.39, 0.29) is 43.5 Å². The minimum atomic E-state index is -1.06. The van der Waals surface area contributed by atoms with Gasteiger partial charge in [0.25, 0.3) is 0 Å². The SMILES string of the molecule is O=C(O)CCN(Cc1cccc(F)c1F)C(=O)[C@@H]1CCOC1. The number of halogens is 2. The van der Waals surface area contributed by atoms with Crippen molar-refractivity contribution >= 4 is 11.9 Å². The number of carbonyl (C=O) groups excluding carboxylic acids is 1. The van der Waals surface area contributed by atoms with Crippen molar-refractivity contribution < 1.29 is 28.2 Å². The van der Waals surface area contributed by atoms with E-state index in [1.54, 1.807) is 0 Å². The van der Waals surface area contributed by atoms with E-state index in [0.717, 1.165) is 6.07 Å². The molecule has 0 aromatic heterocycles. The number of aliphatic carboxylic acids is 1. The number of carboxylic acid groups (broad SMARTS) is 1. The molecule has 7 heteroatoms. The fraction of sp³-hybridized carbons (Fsp3) is 0.467. The highest BCUT2D eigenvalue weighted by Crippen LogP contribution is 2.19. The van der Waals surface area contributed by atoms with E-state index in [4.69, 9.17) is 9.84 Å². The van der Waals surface area contributed by atoms with Gasteiger partial charge in [-0.2, -0.15) is 0 Å². The van der Waals surface area contributed by atoms with Gasteiger partial charge in [-0.3, -0.25) is 9.59 Å². The molecule has 2 rings (SSSR count). The lowest BCUT2D eigenvalue weighted by Crippen LogP contribution is -2.37. The molecular weight excluding hydrogens is 296 g/mol. The molecule has 120 valence electrons. The second-order valence-corrected chi connectivity index (χ2v) is 5.18. The summed E-state index contributed by atoms with van der Waals surface area (Å²) in [6, 6.07) is 3.73. The number of carboxylic acids is 1. The van der Waals surface area contributed by atoms with Gasteiger partial charge in [-0.1, -0.05) is 12.1 Å². The molecule has 1 aliphatic rings. The van der Waals surface area contributed by atoms with Crippen molar-refractivity contribution in [2.24, 2.45) is 5.92 Å². The number of nitrogens with zero attached hydrogens (tertiary/aromatic N) is 1. The highest BCUT2D eigenvalue weighted by Gasteiger charge is 2.29. The van der Waals surface area contributed by atoms with Crippen LogP contribution in [-0.4, -0.2) is 41.6 Å². The zero-order valence-electron chi connectivity index (χ0n) is 11.9. The number of hydrogen-bond acceptors (Lipinski definition) is 3. The van der Waals surface area contributed by atoms with Crippen LogP contribution in [0, 0.1) is 17.6 Å². The predicted molar refractivity (Wildman–Crippen MR) is 73.0 cm³/mol. The maximum atomic E-state index is 13.7. The van der Waals surface area contributed by atoms with E-state index < -0.39 is 17.6 Å². The summed E-state index contributed by atoms with van der Waals surface area (Å²) in [5, 5.41) is 8.78. The smallest absolute Gasteiger partial charge is 0.305 e. The van der Waals surface area contributed by atoms with Crippen LogP contribution in [-0.2, 0) is 20.9 Å². The van der Waals surface area contributed by atoms with Crippen molar-refractivity contribution in [3.05, 3.63) is 35.4 Å². The first-order valence-electron chi connectivity index (χ1n) is 7.00. The third kappa shape index (κ3) is 4.00. The van der Waals surface area contributed by atoms with Crippen molar-refractivity contribution in [1.82, 2.24) is 4.90 Å². The highest BCUT2D eigenvalue weighted by molar-refractivity contribution is 5.79. The molecule has 1 amide bonds. The van der Waals surface area contributed by atoms with Crippen LogP contribution in [0.1, 0.15) is 18.4 Å². The predicted octanol–water partition coefficient (Wildman–Crippen LogP) is 1.80. The van der Waals surface area contributed by atoms with Gasteiger partial charge in [-0.25, -0.2) is 8.78 Å². The van der Waals surface area contributed by atoms with Gasteiger partial charge < -0.3 is 14.7 Å². The van der Waals surface area contributed by atoms with E-state index >= 15 is 0 Å². The molecule has 0 bridgehead atoms. The molecule has 1 aromatic carbocycles.